The molecule has 2 aromatic carbocycles. The standard InChI is InChI=1S/C27H27NO/c1-6-9-25-23(7-2)26(19(5)29)24(8-3)27(28-25)22-16-14-21(15-17-22)20-12-10-18(4)11-13-20/h6-7,9-17H,2,8H2,1,3-5H3/b9-6-. The van der Waals surface area contributed by atoms with E-state index in [0.29, 0.717) is 0 Å². The van der Waals surface area contributed by atoms with Gasteiger partial charge in [0.2, 0.25) is 0 Å². The van der Waals surface area contributed by atoms with Crippen LogP contribution in [0.3, 0.4) is 0 Å². The van der Waals surface area contributed by atoms with Crippen molar-refractivity contribution in [3.05, 3.63) is 89.1 Å². The van der Waals surface area contributed by atoms with Gasteiger partial charge in [-0.3, -0.25) is 4.79 Å². The molecule has 0 spiro atoms. The summed E-state index contributed by atoms with van der Waals surface area (Å²) in [6, 6.07) is 16.9. The number of aryl methyl sites for hydroxylation is 1. The molecule has 0 radical (unpaired) electrons. The van der Waals surface area contributed by atoms with E-state index in [2.05, 4.69) is 69.0 Å². The largest absolute Gasteiger partial charge is 0.294 e. The molecule has 0 aliphatic heterocycles. The van der Waals surface area contributed by atoms with Crippen LogP contribution in [0.1, 0.15) is 53.5 Å². The Morgan fingerprint density at radius 1 is 1.00 bits per heavy atom. The van der Waals surface area contributed by atoms with Crippen molar-refractivity contribution in [3.63, 3.8) is 0 Å². The maximum absolute atomic E-state index is 12.5. The molecule has 0 saturated carbocycles. The molecule has 146 valence electrons. The lowest BCUT2D eigenvalue weighted by Crippen LogP contribution is -2.09. The molecule has 0 aliphatic carbocycles. The highest BCUT2D eigenvalue weighted by molar-refractivity contribution is 6.01. The number of ketones is 1. The first-order chi connectivity index (χ1) is 14.0. The summed E-state index contributed by atoms with van der Waals surface area (Å²) in [4.78, 5) is 17.4. The van der Waals surface area contributed by atoms with Crippen LogP contribution >= 0.6 is 0 Å². The first kappa shape index (κ1) is 20.5. The topological polar surface area (TPSA) is 30.0 Å². The van der Waals surface area contributed by atoms with E-state index in [1.54, 1.807) is 13.0 Å². The van der Waals surface area contributed by atoms with Gasteiger partial charge < -0.3 is 0 Å². The van der Waals surface area contributed by atoms with Crippen molar-refractivity contribution in [3.8, 4) is 22.4 Å². The van der Waals surface area contributed by atoms with Crippen LogP contribution in [0.5, 0.6) is 0 Å². The first-order valence-electron chi connectivity index (χ1n) is 10.0. The van der Waals surface area contributed by atoms with Crippen molar-refractivity contribution in [2.45, 2.75) is 34.1 Å². The molecule has 0 fully saturated rings. The number of hydrogen-bond donors (Lipinski definition) is 0. The SMILES string of the molecule is C=Cc1c(/C=C\C)nc(-c2ccc(-c3ccc(C)cc3)cc2)c(CC)c1C(C)=O. The second-order valence-electron chi connectivity index (χ2n) is 7.17. The lowest BCUT2D eigenvalue weighted by molar-refractivity contribution is 0.101. The highest BCUT2D eigenvalue weighted by atomic mass is 16.1. The van der Waals surface area contributed by atoms with E-state index in [1.807, 2.05) is 19.1 Å². The van der Waals surface area contributed by atoms with Crippen molar-refractivity contribution >= 4 is 17.9 Å². The molecule has 0 bridgehead atoms. The quantitative estimate of drug-likeness (QED) is 0.424. The number of Topliss-reactive ketones (excluding diaryl/α,β-unsaturated/α-hetero) is 1. The van der Waals surface area contributed by atoms with Crippen LogP contribution < -0.4 is 0 Å². The summed E-state index contributed by atoms with van der Waals surface area (Å²) >= 11 is 0. The second-order valence-corrected chi connectivity index (χ2v) is 7.17. The van der Waals surface area contributed by atoms with Crippen molar-refractivity contribution in [1.29, 1.82) is 0 Å². The van der Waals surface area contributed by atoms with Crippen LogP contribution in [0.4, 0.5) is 0 Å². The molecule has 3 rings (SSSR count). The summed E-state index contributed by atoms with van der Waals surface area (Å²) in [7, 11) is 0. The molecule has 1 heterocycles. The molecule has 0 unspecified atom stereocenters. The molecule has 0 amide bonds. The van der Waals surface area contributed by atoms with E-state index in [9.17, 15) is 4.79 Å². The van der Waals surface area contributed by atoms with E-state index >= 15 is 0 Å². The van der Waals surface area contributed by atoms with Gasteiger partial charge in [-0.25, -0.2) is 4.98 Å². The molecule has 2 heteroatoms. The van der Waals surface area contributed by atoms with Gasteiger partial charge in [0, 0.05) is 16.7 Å². The minimum Gasteiger partial charge on any atom is -0.294 e. The van der Waals surface area contributed by atoms with E-state index < -0.39 is 0 Å². The third-order valence-corrected chi connectivity index (χ3v) is 5.14. The Morgan fingerprint density at radius 3 is 2.03 bits per heavy atom. The molecule has 2 nitrogen and oxygen atoms in total. The number of pyridine rings is 1. The number of aromatic nitrogens is 1. The monoisotopic (exact) mass is 381 g/mol. The van der Waals surface area contributed by atoms with Gasteiger partial charge in [-0.1, -0.05) is 79.7 Å². The van der Waals surface area contributed by atoms with E-state index in [1.165, 1.54) is 11.1 Å². The molecule has 1 aromatic heterocycles. The Hall–Kier alpha value is -3.26. The van der Waals surface area contributed by atoms with Gasteiger partial charge in [-0.15, -0.1) is 0 Å². The summed E-state index contributed by atoms with van der Waals surface area (Å²) in [5, 5.41) is 0. The van der Waals surface area contributed by atoms with Crippen molar-refractivity contribution in [2.24, 2.45) is 0 Å². The minimum atomic E-state index is 0.0439. The van der Waals surface area contributed by atoms with E-state index in [4.69, 9.17) is 4.98 Å². The summed E-state index contributed by atoms with van der Waals surface area (Å²) in [5.41, 5.74) is 8.77. The number of hydrogen-bond acceptors (Lipinski definition) is 2. The fraction of sp³-hybridized carbons (Fsp3) is 0.185. The summed E-state index contributed by atoms with van der Waals surface area (Å²) in [5.74, 6) is 0.0439. The van der Waals surface area contributed by atoms with Crippen molar-refractivity contribution in [1.82, 2.24) is 4.98 Å². The predicted molar refractivity (Wildman–Crippen MR) is 124 cm³/mol. The zero-order valence-electron chi connectivity index (χ0n) is 17.6. The summed E-state index contributed by atoms with van der Waals surface area (Å²) in [6.07, 6.45) is 6.35. The maximum Gasteiger partial charge on any atom is 0.160 e. The lowest BCUT2D eigenvalue weighted by atomic mass is 9.90. The number of benzene rings is 2. The number of allylic oxidation sites excluding steroid dienone is 1. The average molecular weight is 382 g/mol. The van der Waals surface area contributed by atoms with Crippen LogP contribution in [-0.4, -0.2) is 10.8 Å². The van der Waals surface area contributed by atoms with Crippen LogP contribution in [0.15, 0.2) is 61.2 Å². The smallest absolute Gasteiger partial charge is 0.160 e. The minimum absolute atomic E-state index is 0.0439. The molecule has 29 heavy (non-hydrogen) atoms. The number of carbonyl (C=O) groups excluding carboxylic acids is 1. The molecule has 0 atom stereocenters. The van der Waals surface area contributed by atoms with Gasteiger partial charge in [-0.2, -0.15) is 0 Å². The van der Waals surface area contributed by atoms with E-state index in [0.717, 1.165) is 45.6 Å². The van der Waals surface area contributed by atoms with Crippen LogP contribution in [0.25, 0.3) is 34.5 Å². The zero-order valence-corrected chi connectivity index (χ0v) is 17.6. The third-order valence-electron chi connectivity index (χ3n) is 5.14. The van der Waals surface area contributed by atoms with E-state index in [-0.39, 0.29) is 5.78 Å². The van der Waals surface area contributed by atoms with Gasteiger partial charge in [0.05, 0.1) is 11.4 Å². The Balaban J connectivity index is 2.18. The lowest BCUT2D eigenvalue weighted by Gasteiger charge is -2.17. The van der Waals surface area contributed by atoms with Crippen molar-refractivity contribution in [2.75, 3.05) is 0 Å². The maximum atomic E-state index is 12.5. The van der Waals surface area contributed by atoms with Crippen LogP contribution in [0.2, 0.25) is 0 Å². The fourth-order valence-corrected chi connectivity index (χ4v) is 3.70. The Labute approximate surface area is 173 Å². The van der Waals surface area contributed by atoms with Crippen LogP contribution in [0, 0.1) is 6.92 Å². The highest BCUT2D eigenvalue weighted by Crippen LogP contribution is 2.32. The van der Waals surface area contributed by atoms with Gasteiger partial charge in [0.1, 0.15) is 0 Å². The number of nitrogens with zero attached hydrogens (tertiary/aromatic N) is 1. The molecule has 0 aliphatic rings. The molecule has 3 aromatic rings. The Kier molecular flexibility index (Phi) is 6.23. The molecular formula is C27H27NO. The van der Waals surface area contributed by atoms with Gasteiger partial charge in [0.25, 0.3) is 0 Å². The van der Waals surface area contributed by atoms with Gasteiger partial charge in [-0.05, 0) is 50.0 Å². The summed E-state index contributed by atoms with van der Waals surface area (Å²) < 4.78 is 0. The fourth-order valence-electron chi connectivity index (χ4n) is 3.70. The number of carbonyl (C=O) groups is 1. The second kappa shape index (κ2) is 8.83. The molecular weight excluding hydrogens is 354 g/mol. The summed E-state index contributed by atoms with van der Waals surface area (Å²) in [6.45, 7) is 11.6. The Morgan fingerprint density at radius 2 is 1.55 bits per heavy atom. The van der Waals surface area contributed by atoms with Crippen LogP contribution in [-0.2, 0) is 6.42 Å². The Bertz CT molecular complexity index is 1070. The van der Waals surface area contributed by atoms with Gasteiger partial charge in [0.15, 0.2) is 5.78 Å². The predicted octanol–water partition coefficient (Wildman–Crippen LogP) is 7.17. The normalized spacial score (nSPS) is 11.0. The van der Waals surface area contributed by atoms with Gasteiger partial charge >= 0.3 is 0 Å². The zero-order chi connectivity index (χ0) is 21.0. The average Bonchev–Trinajstić information content (AvgIpc) is 2.73. The molecule has 0 N–H and O–H groups in total. The third kappa shape index (κ3) is 4.12. The highest BCUT2D eigenvalue weighted by Gasteiger charge is 2.20. The van der Waals surface area contributed by atoms with Crippen molar-refractivity contribution < 1.29 is 4.79 Å². The first-order valence-corrected chi connectivity index (χ1v) is 10.0. The number of rotatable bonds is 6. The molecule has 0 saturated heterocycles.